The SMILES string of the molecule is CN(C)CC1CCCN1C(=O)NCC(O)C(=O)O. The molecule has 2 atom stereocenters. The molecule has 18 heavy (non-hydrogen) atoms. The fourth-order valence-corrected chi connectivity index (χ4v) is 2.09. The molecule has 7 nitrogen and oxygen atoms in total. The minimum atomic E-state index is -1.55. The van der Waals surface area contributed by atoms with Crippen molar-refractivity contribution in [3.63, 3.8) is 0 Å². The summed E-state index contributed by atoms with van der Waals surface area (Å²) in [5.74, 6) is -1.33. The number of rotatable bonds is 5. The number of aliphatic carboxylic acids is 1. The molecular formula is C11H21N3O4. The largest absolute Gasteiger partial charge is 0.479 e. The van der Waals surface area contributed by atoms with Gasteiger partial charge in [0.1, 0.15) is 0 Å². The average molecular weight is 259 g/mol. The van der Waals surface area contributed by atoms with Crippen LogP contribution in [0.3, 0.4) is 0 Å². The Morgan fingerprint density at radius 1 is 1.50 bits per heavy atom. The molecule has 0 radical (unpaired) electrons. The number of carboxylic acids is 1. The van der Waals surface area contributed by atoms with Crippen LogP contribution in [0.4, 0.5) is 4.79 Å². The Bertz CT molecular complexity index is 309. The molecule has 0 aromatic rings. The van der Waals surface area contributed by atoms with Crippen LogP contribution in [0.5, 0.6) is 0 Å². The summed E-state index contributed by atoms with van der Waals surface area (Å²) in [4.78, 5) is 26.0. The van der Waals surface area contributed by atoms with Crippen molar-refractivity contribution < 1.29 is 19.8 Å². The van der Waals surface area contributed by atoms with Crippen molar-refractivity contribution >= 4 is 12.0 Å². The Balaban J connectivity index is 2.42. The van der Waals surface area contributed by atoms with Gasteiger partial charge in [-0.15, -0.1) is 0 Å². The van der Waals surface area contributed by atoms with Crippen molar-refractivity contribution in [3.8, 4) is 0 Å². The number of nitrogens with zero attached hydrogens (tertiary/aromatic N) is 2. The molecule has 1 aliphatic rings. The minimum Gasteiger partial charge on any atom is -0.479 e. The molecule has 1 heterocycles. The van der Waals surface area contributed by atoms with E-state index in [9.17, 15) is 9.59 Å². The summed E-state index contributed by atoms with van der Waals surface area (Å²) in [6, 6.07) is -0.151. The minimum absolute atomic E-state index is 0.155. The second kappa shape index (κ2) is 6.55. The molecule has 0 aromatic carbocycles. The lowest BCUT2D eigenvalue weighted by molar-refractivity contribution is -0.146. The highest BCUT2D eigenvalue weighted by Gasteiger charge is 2.29. The number of likely N-dealkylation sites (tertiary alicyclic amines) is 1. The average Bonchev–Trinajstić information content (AvgIpc) is 2.72. The van der Waals surface area contributed by atoms with E-state index in [0.717, 1.165) is 19.4 Å². The molecule has 3 N–H and O–H groups in total. The molecule has 2 amide bonds. The predicted octanol–water partition coefficient (Wildman–Crippen LogP) is -0.832. The zero-order valence-electron chi connectivity index (χ0n) is 10.8. The Morgan fingerprint density at radius 3 is 2.72 bits per heavy atom. The molecule has 1 aliphatic heterocycles. The number of carboxylic acid groups (broad SMARTS) is 1. The van der Waals surface area contributed by atoms with E-state index in [1.807, 2.05) is 19.0 Å². The Hall–Kier alpha value is -1.34. The molecule has 104 valence electrons. The highest BCUT2D eigenvalue weighted by Crippen LogP contribution is 2.17. The van der Waals surface area contributed by atoms with Crippen LogP contribution in [0.1, 0.15) is 12.8 Å². The van der Waals surface area contributed by atoms with E-state index in [-0.39, 0.29) is 18.6 Å². The zero-order valence-corrected chi connectivity index (χ0v) is 10.8. The van der Waals surface area contributed by atoms with Crippen LogP contribution in [0, 0.1) is 0 Å². The van der Waals surface area contributed by atoms with Gasteiger partial charge in [-0.25, -0.2) is 9.59 Å². The maximum atomic E-state index is 11.9. The number of hydrogen-bond acceptors (Lipinski definition) is 4. The summed E-state index contributed by atoms with van der Waals surface area (Å²) in [7, 11) is 3.89. The van der Waals surface area contributed by atoms with Gasteiger partial charge in [0.15, 0.2) is 6.10 Å². The maximum Gasteiger partial charge on any atom is 0.334 e. The highest BCUT2D eigenvalue weighted by molar-refractivity contribution is 5.77. The first-order valence-corrected chi connectivity index (χ1v) is 6.02. The predicted molar refractivity (Wildman–Crippen MR) is 65.3 cm³/mol. The lowest BCUT2D eigenvalue weighted by atomic mass is 10.2. The van der Waals surface area contributed by atoms with Crippen molar-refractivity contribution in [2.45, 2.75) is 25.0 Å². The van der Waals surface area contributed by atoms with Crippen LogP contribution in [0.2, 0.25) is 0 Å². The van der Waals surface area contributed by atoms with E-state index < -0.39 is 12.1 Å². The van der Waals surface area contributed by atoms with Crippen molar-refractivity contribution in [1.82, 2.24) is 15.1 Å². The van der Waals surface area contributed by atoms with E-state index in [4.69, 9.17) is 10.2 Å². The fraction of sp³-hybridized carbons (Fsp3) is 0.818. The molecule has 7 heteroatoms. The number of carbonyl (C=O) groups excluding carboxylic acids is 1. The van der Waals surface area contributed by atoms with Crippen molar-refractivity contribution in [1.29, 1.82) is 0 Å². The number of carbonyl (C=O) groups is 2. The summed E-state index contributed by atoms with van der Waals surface area (Å²) < 4.78 is 0. The summed E-state index contributed by atoms with van der Waals surface area (Å²) in [5, 5.41) is 20.0. The molecule has 1 fully saturated rings. The van der Waals surface area contributed by atoms with E-state index >= 15 is 0 Å². The van der Waals surface area contributed by atoms with E-state index in [1.165, 1.54) is 0 Å². The quantitative estimate of drug-likeness (QED) is 0.599. The van der Waals surface area contributed by atoms with Gasteiger partial charge in [0, 0.05) is 19.1 Å². The second-order valence-corrected chi connectivity index (χ2v) is 4.79. The fourth-order valence-electron chi connectivity index (χ4n) is 2.09. The normalized spacial score (nSPS) is 21.1. The molecular weight excluding hydrogens is 238 g/mol. The standard InChI is InChI=1S/C11H21N3O4/c1-13(2)7-8-4-3-5-14(8)11(18)12-6-9(15)10(16)17/h8-9,15H,3-7H2,1-2H3,(H,12,18)(H,16,17). The van der Waals surface area contributed by atoms with Crippen molar-refractivity contribution in [2.75, 3.05) is 33.7 Å². The van der Waals surface area contributed by atoms with Crippen LogP contribution in [0.15, 0.2) is 0 Å². The monoisotopic (exact) mass is 259 g/mol. The number of nitrogens with one attached hydrogen (secondary N) is 1. The molecule has 0 aromatic heterocycles. The number of amides is 2. The number of hydrogen-bond donors (Lipinski definition) is 3. The number of aliphatic hydroxyl groups is 1. The van der Waals surface area contributed by atoms with Gasteiger partial charge in [0.2, 0.25) is 0 Å². The van der Waals surface area contributed by atoms with Gasteiger partial charge < -0.3 is 25.3 Å². The van der Waals surface area contributed by atoms with E-state index in [1.54, 1.807) is 4.90 Å². The third kappa shape index (κ3) is 4.15. The van der Waals surface area contributed by atoms with Gasteiger partial charge in [0.25, 0.3) is 0 Å². The van der Waals surface area contributed by atoms with Crippen LogP contribution >= 0.6 is 0 Å². The third-order valence-corrected chi connectivity index (χ3v) is 2.95. The van der Waals surface area contributed by atoms with Gasteiger partial charge in [-0.3, -0.25) is 0 Å². The topological polar surface area (TPSA) is 93.1 Å². The van der Waals surface area contributed by atoms with Gasteiger partial charge in [0.05, 0.1) is 6.54 Å². The maximum absolute atomic E-state index is 11.9. The zero-order chi connectivity index (χ0) is 13.7. The van der Waals surface area contributed by atoms with Gasteiger partial charge in [-0.05, 0) is 26.9 Å². The van der Waals surface area contributed by atoms with Gasteiger partial charge in [-0.2, -0.15) is 0 Å². The Labute approximate surface area is 106 Å². The van der Waals surface area contributed by atoms with Crippen LogP contribution in [-0.4, -0.2) is 77.9 Å². The highest BCUT2D eigenvalue weighted by atomic mass is 16.4. The molecule has 1 rings (SSSR count). The first-order valence-electron chi connectivity index (χ1n) is 6.02. The molecule has 0 saturated carbocycles. The molecule has 2 unspecified atom stereocenters. The Kier molecular flexibility index (Phi) is 5.36. The molecule has 1 saturated heterocycles. The lowest BCUT2D eigenvalue weighted by Gasteiger charge is -2.27. The van der Waals surface area contributed by atoms with Crippen molar-refractivity contribution in [3.05, 3.63) is 0 Å². The number of urea groups is 1. The molecule has 0 spiro atoms. The summed E-state index contributed by atoms with van der Waals surface area (Å²) >= 11 is 0. The van der Waals surface area contributed by atoms with Gasteiger partial charge >= 0.3 is 12.0 Å². The van der Waals surface area contributed by atoms with Crippen LogP contribution < -0.4 is 5.32 Å². The van der Waals surface area contributed by atoms with E-state index in [0.29, 0.717) is 6.54 Å². The number of likely N-dealkylation sites (N-methyl/N-ethyl adjacent to an activating group) is 1. The first-order chi connectivity index (χ1) is 8.41. The molecule has 0 bridgehead atoms. The summed E-state index contributed by atoms with van der Waals surface area (Å²) in [6.07, 6.45) is 0.351. The summed E-state index contributed by atoms with van der Waals surface area (Å²) in [5.41, 5.74) is 0. The third-order valence-electron chi connectivity index (χ3n) is 2.95. The smallest absolute Gasteiger partial charge is 0.334 e. The lowest BCUT2D eigenvalue weighted by Crippen LogP contribution is -2.48. The Morgan fingerprint density at radius 2 is 2.17 bits per heavy atom. The van der Waals surface area contributed by atoms with Crippen LogP contribution in [-0.2, 0) is 4.79 Å². The summed E-state index contributed by atoms with van der Waals surface area (Å²) in [6.45, 7) is 1.20. The van der Waals surface area contributed by atoms with E-state index in [2.05, 4.69) is 5.32 Å². The van der Waals surface area contributed by atoms with Crippen LogP contribution in [0.25, 0.3) is 0 Å². The van der Waals surface area contributed by atoms with Crippen molar-refractivity contribution in [2.24, 2.45) is 0 Å². The first kappa shape index (κ1) is 14.7. The molecule has 0 aliphatic carbocycles. The second-order valence-electron chi connectivity index (χ2n) is 4.79. The number of aliphatic hydroxyl groups excluding tert-OH is 1. The van der Waals surface area contributed by atoms with Gasteiger partial charge in [-0.1, -0.05) is 0 Å².